The van der Waals surface area contributed by atoms with Crippen molar-refractivity contribution < 1.29 is 0 Å². The number of aryl methyl sites for hydroxylation is 2. The van der Waals surface area contributed by atoms with E-state index in [9.17, 15) is 0 Å². The van der Waals surface area contributed by atoms with Gasteiger partial charge < -0.3 is 10.3 Å². The molecule has 0 bridgehead atoms. The summed E-state index contributed by atoms with van der Waals surface area (Å²) in [7, 11) is 1.94. The van der Waals surface area contributed by atoms with Gasteiger partial charge in [0, 0.05) is 13.5 Å². The van der Waals surface area contributed by atoms with Gasteiger partial charge in [-0.2, -0.15) is 0 Å². The van der Waals surface area contributed by atoms with Crippen molar-refractivity contribution in [3.8, 4) is 0 Å². The van der Waals surface area contributed by atoms with E-state index in [0.717, 1.165) is 18.7 Å². The molecule has 0 spiro atoms. The van der Waals surface area contributed by atoms with Crippen LogP contribution in [0.5, 0.6) is 0 Å². The highest BCUT2D eigenvalue weighted by atomic mass is 15.2. The fraction of sp³-hybridized carbons (Fsp3) is 0.667. The quantitative estimate of drug-likeness (QED) is 0.627. The molecule has 0 radical (unpaired) electrons. The highest BCUT2D eigenvalue weighted by Crippen LogP contribution is 1.94. The Bertz CT molecular complexity index is 193. The second-order valence-electron chi connectivity index (χ2n) is 2.25. The van der Waals surface area contributed by atoms with Crippen LogP contribution < -0.4 is 5.73 Å². The van der Waals surface area contributed by atoms with Crippen molar-refractivity contribution in [3.05, 3.63) is 12.2 Å². The van der Waals surface area contributed by atoms with Crippen LogP contribution in [0, 0.1) is 0 Å². The maximum absolute atomic E-state index is 5.34. The van der Waals surface area contributed by atoms with Gasteiger partial charge in [-0.25, -0.2) is 0 Å². The second kappa shape index (κ2) is 3.31. The van der Waals surface area contributed by atoms with E-state index >= 15 is 0 Å². The van der Waals surface area contributed by atoms with Crippen molar-refractivity contribution in [3.63, 3.8) is 0 Å². The van der Waals surface area contributed by atoms with Crippen LogP contribution in [0.4, 0.5) is 0 Å². The third kappa shape index (κ3) is 1.54. The Morgan fingerprint density at radius 1 is 1.70 bits per heavy atom. The lowest BCUT2D eigenvalue weighted by atomic mass is 10.3. The second-order valence-corrected chi connectivity index (χ2v) is 2.25. The molecule has 1 heterocycles. The summed E-state index contributed by atoms with van der Waals surface area (Å²) in [6.45, 7) is 0.715. The Morgan fingerprint density at radius 3 is 3.00 bits per heavy atom. The van der Waals surface area contributed by atoms with E-state index in [4.69, 9.17) is 5.73 Å². The van der Waals surface area contributed by atoms with Crippen LogP contribution in [-0.2, 0) is 13.5 Å². The first-order chi connectivity index (χ1) is 4.84. The van der Waals surface area contributed by atoms with Gasteiger partial charge in [-0.3, -0.25) is 0 Å². The third-order valence-corrected chi connectivity index (χ3v) is 1.41. The molecule has 2 N–H and O–H groups in total. The molecule has 0 saturated heterocycles. The van der Waals surface area contributed by atoms with Crippen molar-refractivity contribution in [2.45, 2.75) is 12.8 Å². The Morgan fingerprint density at radius 2 is 2.50 bits per heavy atom. The van der Waals surface area contributed by atoms with Gasteiger partial charge in [-0.15, -0.1) is 10.2 Å². The first kappa shape index (κ1) is 7.21. The molecular formula is C6H12N4. The Hall–Kier alpha value is -0.900. The summed E-state index contributed by atoms with van der Waals surface area (Å²) >= 11 is 0. The van der Waals surface area contributed by atoms with Gasteiger partial charge in [0.2, 0.25) is 0 Å². The lowest BCUT2D eigenvalue weighted by molar-refractivity contribution is 0.729. The minimum absolute atomic E-state index is 0.715. The Labute approximate surface area is 60.1 Å². The van der Waals surface area contributed by atoms with Crippen molar-refractivity contribution in [1.29, 1.82) is 0 Å². The van der Waals surface area contributed by atoms with Gasteiger partial charge in [0.25, 0.3) is 0 Å². The van der Waals surface area contributed by atoms with Gasteiger partial charge in [0.05, 0.1) is 0 Å². The van der Waals surface area contributed by atoms with Crippen LogP contribution in [0.2, 0.25) is 0 Å². The fourth-order valence-electron chi connectivity index (χ4n) is 0.794. The zero-order valence-corrected chi connectivity index (χ0v) is 6.12. The number of aromatic nitrogens is 3. The lowest BCUT2D eigenvalue weighted by Gasteiger charge is -1.96. The van der Waals surface area contributed by atoms with E-state index in [0.29, 0.717) is 6.54 Å². The molecule has 10 heavy (non-hydrogen) atoms. The molecule has 0 aliphatic rings. The van der Waals surface area contributed by atoms with Crippen molar-refractivity contribution in [2.75, 3.05) is 6.54 Å². The molecular weight excluding hydrogens is 128 g/mol. The summed E-state index contributed by atoms with van der Waals surface area (Å²) in [4.78, 5) is 0. The average molecular weight is 140 g/mol. The van der Waals surface area contributed by atoms with Crippen molar-refractivity contribution >= 4 is 0 Å². The van der Waals surface area contributed by atoms with Gasteiger partial charge in [-0.05, 0) is 13.0 Å². The number of hydrogen-bond donors (Lipinski definition) is 1. The number of rotatable bonds is 3. The van der Waals surface area contributed by atoms with E-state index in [2.05, 4.69) is 10.2 Å². The summed E-state index contributed by atoms with van der Waals surface area (Å²) in [6.07, 6.45) is 3.60. The smallest absolute Gasteiger partial charge is 0.132 e. The van der Waals surface area contributed by atoms with Gasteiger partial charge >= 0.3 is 0 Å². The number of hydrogen-bond acceptors (Lipinski definition) is 3. The molecule has 1 aromatic rings. The predicted molar refractivity (Wildman–Crippen MR) is 38.4 cm³/mol. The Kier molecular flexibility index (Phi) is 2.39. The fourth-order valence-corrected chi connectivity index (χ4v) is 0.794. The average Bonchev–Trinajstić information content (AvgIpc) is 2.31. The highest BCUT2D eigenvalue weighted by Gasteiger charge is 1.97. The van der Waals surface area contributed by atoms with Gasteiger partial charge in [0.15, 0.2) is 0 Å². The highest BCUT2D eigenvalue weighted by molar-refractivity contribution is 4.83. The summed E-state index contributed by atoms with van der Waals surface area (Å²) in [5.41, 5.74) is 5.34. The van der Waals surface area contributed by atoms with Crippen LogP contribution in [0.1, 0.15) is 12.2 Å². The SMILES string of the molecule is Cn1cnnc1CCCN. The molecule has 1 aromatic heterocycles. The predicted octanol–water partition coefficient (Wildman–Crippen LogP) is -0.294. The lowest BCUT2D eigenvalue weighted by Crippen LogP contribution is -2.04. The summed E-state index contributed by atoms with van der Waals surface area (Å²) in [6, 6.07) is 0. The minimum Gasteiger partial charge on any atom is -0.330 e. The maximum Gasteiger partial charge on any atom is 0.132 e. The standard InChI is InChI=1S/C6H12N4/c1-10-5-8-9-6(10)3-2-4-7/h5H,2-4,7H2,1H3. The minimum atomic E-state index is 0.715. The number of nitrogens with zero attached hydrogens (tertiary/aromatic N) is 3. The molecule has 0 aromatic carbocycles. The molecule has 4 nitrogen and oxygen atoms in total. The zero-order chi connectivity index (χ0) is 7.40. The summed E-state index contributed by atoms with van der Waals surface area (Å²) in [5.74, 6) is 1.01. The molecule has 4 heteroatoms. The number of nitrogens with two attached hydrogens (primary N) is 1. The maximum atomic E-state index is 5.34. The molecule has 0 aliphatic carbocycles. The largest absolute Gasteiger partial charge is 0.330 e. The topological polar surface area (TPSA) is 56.7 Å². The molecule has 0 amide bonds. The van der Waals surface area contributed by atoms with E-state index in [1.165, 1.54) is 0 Å². The Balaban J connectivity index is 2.49. The molecule has 0 saturated carbocycles. The van der Waals surface area contributed by atoms with Crippen molar-refractivity contribution in [2.24, 2.45) is 12.8 Å². The van der Waals surface area contributed by atoms with Crippen molar-refractivity contribution in [1.82, 2.24) is 14.8 Å². The molecule has 0 unspecified atom stereocenters. The van der Waals surface area contributed by atoms with E-state index in [-0.39, 0.29) is 0 Å². The van der Waals surface area contributed by atoms with Crippen LogP contribution in [0.25, 0.3) is 0 Å². The van der Waals surface area contributed by atoms with Crippen LogP contribution >= 0.6 is 0 Å². The molecule has 0 fully saturated rings. The molecule has 0 aliphatic heterocycles. The first-order valence-electron chi connectivity index (χ1n) is 3.37. The normalized spacial score (nSPS) is 10.2. The van der Waals surface area contributed by atoms with Gasteiger partial charge in [-0.1, -0.05) is 0 Å². The van der Waals surface area contributed by atoms with Gasteiger partial charge in [0.1, 0.15) is 12.2 Å². The summed E-state index contributed by atoms with van der Waals surface area (Å²) in [5, 5.41) is 7.66. The molecule has 0 atom stereocenters. The molecule has 56 valence electrons. The van der Waals surface area contributed by atoms with E-state index < -0.39 is 0 Å². The van der Waals surface area contributed by atoms with Crippen LogP contribution in [0.15, 0.2) is 6.33 Å². The first-order valence-corrected chi connectivity index (χ1v) is 3.37. The summed E-state index contributed by atoms with van der Waals surface area (Å²) < 4.78 is 1.91. The van der Waals surface area contributed by atoms with E-state index in [1.54, 1.807) is 6.33 Å². The van der Waals surface area contributed by atoms with Crippen LogP contribution in [0.3, 0.4) is 0 Å². The zero-order valence-electron chi connectivity index (χ0n) is 6.12. The third-order valence-electron chi connectivity index (χ3n) is 1.41. The molecule has 1 rings (SSSR count). The van der Waals surface area contributed by atoms with E-state index in [1.807, 2.05) is 11.6 Å². The monoisotopic (exact) mass is 140 g/mol. The van der Waals surface area contributed by atoms with Crippen LogP contribution in [-0.4, -0.2) is 21.3 Å².